The van der Waals surface area contributed by atoms with E-state index >= 15 is 0 Å². The summed E-state index contributed by atoms with van der Waals surface area (Å²) in [5.74, 6) is 0. The first-order chi connectivity index (χ1) is 7.34. The number of halogens is 1. The second kappa shape index (κ2) is 3.32. The number of imidazole rings is 1. The molecular weight excluding hydrogens is 230 g/mol. The minimum Gasteiger partial charge on any atom is -0.329 e. The van der Waals surface area contributed by atoms with Crippen molar-refractivity contribution in [3.63, 3.8) is 0 Å². The summed E-state index contributed by atoms with van der Waals surface area (Å²) in [5.41, 5.74) is 5.56. The molecule has 5 heteroatoms. The molecule has 0 unspecified atom stereocenters. The van der Waals surface area contributed by atoms with Gasteiger partial charge in [-0.2, -0.15) is 0 Å². The van der Waals surface area contributed by atoms with Gasteiger partial charge in [-0.3, -0.25) is 0 Å². The van der Waals surface area contributed by atoms with E-state index in [4.69, 9.17) is 11.6 Å². The van der Waals surface area contributed by atoms with Gasteiger partial charge in [-0.1, -0.05) is 12.1 Å². The van der Waals surface area contributed by atoms with E-state index in [1.165, 1.54) is 0 Å². The van der Waals surface area contributed by atoms with Crippen LogP contribution in [0, 0.1) is 0 Å². The first-order valence-electron chi connectivity index (χ1n) is 4.37. The number of H-pyrrole nitrogens is 1. The number of hydrogen-bond donors (Lipinski definition) is 1. The van der Waals surface area contributed by atoms with E-state index in [0.29, 0.717) is 5.28 Å². The molecule has 2 heterocycles. The average Bonchev–Trinajstić information content (AvgIpc) is 2.82. The summed E-state index contributed by atoms with van der Waals surface area (Å²) in [7, 11) is 0. The van der Waals surface area contributed by atoms with Crippen LogP contribution in [0.3, 0.4) is 0 Å². The van der Waals surface area contributed by atoms with Crippen molar-refractivity contribution in [3.05, 3.63) is 34.4 Å². The minimum absolute atomic E-state index is 0.410. The van der Waals surface area contributed by atoms with E-state index in [1.54, 1.807) is 11.3 Å². The fourth-order valence-electron chi connectivity index (χ4n) is 1.55. The van der Waals surface area contributed by atoms with Crippen molar-refractivity contribution >= 4 is 34.0 Å². The molecular formula is C10H6ClN3S. The van der Waals surface area contributed by atoms with Gasteiger partial charge in [-0.25, -0.2) is 9.97 Å². The minimum atomic E-state index is 0.410. The monoisotopic (exact) mass is 235 g/mol. The Kier molecular flexibility index (Phi) is 1.97. The van der Waals surface area contributed by atoms with E-state index in [0.717, 1.165) is 22.3 Å². The van der Waals surface area contributed by atoms with Crippen LogP contribution in [0.4, 0.5) is 0 Å². The van der Waals surface area contributed by atoms with Crippen LogP contribution in [0.2, 0.25) is 5.28 Å². The number of benzene rings is 1. The van der Waals surface area contributed by atoms with Gasteiger partial charge in [-0.05, 0) is 17.7 Å². The van der Waals surface area contributed by atoms with Gasteiger partial charge in [0, 0.05) is 10.9 Å². The molecule has 0 amide bonds. The number of nitrogens with zero attached hydrogens (tertiary/aromatic N) is 2. The second-order valence-electron chi connectivity index (χ2n) is 3.10. The molecule has 0 saturated heterocycles. The fraction of sp³-hybridized carbons (Fsp3) is 0. The quantitative estimate of drug-likeness (QED) is 0.703. The Labute approximate surface area is 94.8 Å². The highest BCUT2D eigenvalue weighted by Crippen LogP contribution is 2.27. The zero-order valence-electron chi connectivity index (χ0n) is 7.57. The van der Waals surface area contributed by atoms with Crippen LogP contribution < -0.4 is 0 Å². The maximum absolute atomic E-state index is 5.83. The number of para-hydroxylation sites is 1. The number of aromatic amines is 1. The Hall–Kier alpha value is -1.39. The molecule has 2 aromatic heterocycles. The van der Waals surface area contributed by atoms with Crippen molar-refractivity contribution in [1.29, 1.82) is 0 Å². The van der Waals surface area contributed by atoms with Crippen LogP contribution in [0.1, 0.15) is 0 Å². The number of rotatable bonds is 1. The van der Waals surface area contributed by atoms with Crippen molar-refractivity contribution in [2.24, 2.45) is 0 Å². The SMILES string of the molecule is Clc1nc2c(-c3cscn3)cccc2[nH]1. The molecule has 1 N–H and O–H groups in total. The number of nitrogens with one attached hydrogen (secondary N) is 1. The summed E-state index contributed by atoms with van der Waals surface area (Å²) in [5, 5.41) is 2.41. The number of thiazole rings is 1. The van der Waals surface area contributed by atoms with Crippen molar-refractivity contribution in [2.45, 2.75) is 0 Å². The third-order valence-corrected chi connectivity index (χ3v) is 2.96. The number of hydrogen-bond acceptors (Lipinski definition) is 3. The molecule has 15 heavy (non-hydrogen) atoms. The highest BCUT2D eigenvalue weighted by atomic mass is 35.5. The number of aromatic nitrogens is 3. The van der Waals surface area contributed by atoms with Crippen LogP contribution in [-0.4, -0.2) is 15.0 Å². The van der Waals surface area contributed by atoms with Crippen molar-refractivity contribution in [1.82, 2.24) is 15.0 Å². The maximum atomic E-state index is 5.83. The van der Waals surface area contributed by atoms with Crippen LogP contribution in [0.5, 0.6) is 0 Å². The zero-order chi connectivity index (χ0) is 10.3. The van der Waals surface area contributed by atoms with Gasteiger partial charge in [0.25, 0.3) is 0 Å². The lowest BCUT2D eigenvalue weighted by Crippen LogP contribution is -1.79. The topological polar surface area (TPSA) is 41.6 Å². The van der Waals surface area contributed by atoms with Gasteiger partial charge in [0.1, 0.15) is 0 Å². The Balaban J connectivity index is 2.35. The van der Waals surface area contributed by atoms with Gasteiger partial charge in [0.05, 0.1) is 22.2 Å². The lowest BCUT2D eigenvalue weighted by molar-refractivity contribution is 1.34. The lowest BCUT2D eigenvalue weighted by Gasteiger charge is -1.96. The molecule has 3 rings (SSSR count). The Morgan fingerprint density at radius 2 is 2.27 bits per heavy atom. The maximum Gasteiger partial charge on any atom is 0.201 e. The molecule has 74 valence electrons. The summed E-state index contributed by atoms with van der Waals surface area (Å²) in [6.45, 7) is 0. The van der Waals surface area contributed by atoms with Crippen LogP contribution in [0.15, 0.2) is 29.1 Å². The fourth-order valence-corrected chi connectivity index (χ4v) is 2.29. The predicted molar refractivity (Wildman–Crippen MR) is 62.2 cm³/mol. The summed E-state index contributed by atoms with van der Waals surface area (Å²) >= 11 is 7.40. The van der Waals surface area contributed by atoms with Gasteiger partial charge in [0.15, 0.2) is 0 Å². The molecule has 0 aliphatic heterocycles. The zero-order valence-corrected chi connectivity index (χ0v) is 9.14. The molecule has 0 fully saturated rings. The Morgan fingerprint density at radius 3 is 3.07 bits per heavy atom. The highest BCUT2D eigenvalue weighted by molar-refractivity contribution is 7.07. The summed E-state index contributed by atoms with van der Waals surface area (Å²) in [6.07, 6.45) is 0. The first kappa shape index (κ1) is 8.88. The third kappa shape index (κ3) is 1.42. The van der Waals surface area contributed by atoms with Gasteiger partial charge < -0.3 is 4.98 Å². The number of fused-ring (bicyclic) bond motifs is 1. The van der Waals surface area contributed by atoms with E-state index < -0.39 is 0 Å². The van der Waals surface area contributed by atoms with Crippen LogP contribution in [-0.2, 0) is 0 Å². The van der Waals surface area contributed by atoms with E-state index in [-0.39, 0.29) is 0 Å². The van der Waals surface area contributed by atoms with Gasteiger partial charge in [-0.15, -0.1) is 11.3 Å². The largest absolute Gasteiger partial charge is 0.329 e. The lowest BCUT2D eigenvalue weighted by atomic mass is 10.1. The van der Waals surface area contributed by atoms with Gasteiger partial charge >= 0.3 is 0 Å². The predicted octanol–water partition coefficient (Wildman–Crippen LogP) is 3.34. The molecule has 3 aromatic rings. The Morgan fingerprint density at radius 1 is 1.33 bits per heavy atom. The van der Waals surface area contributed by atoms with Crippen molar-refractivity contribution in [2.75, 3.05) is 0 Å². The molecule has 0 saturated carbocycles. The highest BCUT2D eigenvalue weighted by Gasteiger charge is 2.08. The third-order valence-electron chi connectivity index (χ3n) is 2.19. The standard InChI is InChI=1S/C10H6ClN3S/c11-10-13-7-3-1-2-6(9(7)14-10)8-4-15-5-12-8/h1-5H,(H,13,14). The molecule has 0 aliphatic carbocycles. The molecule has 0 spiro atoms. The normalized spacial score (nSPS) is 11.0. The first-order valence-corrected chi connectivity index (χ1v) is 5.69. The molecule has 0 atom stereocenters. The van der Waals surface area contributed by atoms with Gasteiger partial charge in [0.2, 0.25) is 5.28 Å². The smallest absolute Gasteiger partial charge is 0.201 e. The molecule has 0 bridgehead atoms. The van der Waals surface area contributed by atoms with Crippen LogP contribution >= 0.6 is 22.9 Å². The van der Waals surface area contributed by atoms with Crippen LogP contribution in [0.25, 0.3) is 22.3 Å². The van der Waals surface area contributed by atoms with E-state index in [1.807, 2.05) is 29.1 Å². The van der Waals surface area contributed by atoms with E-state index in [9.17, 15) is 0 Å². The molecule has 1 aromatic carbocycles. The second-order valence-corrected chi connectivity index (χ2v) is 4.18. The van der Waals surface area contributed by atoms with Crippen molar-refractivity contribution < 1.29 is 0 Å². The average molecular weight is 236 g/mol. The summed E-state index contributed by atoms with van der Waals surface area (Å²) in [6, 6.07) is 5.91. The van der Waals surface area contributed by atoms with E-state index in [2.05, 4.69) is 15.0 Å². The molecule has 0 aliphatic rings. The summed E-state index contributed by atoms with van der Waals surface area (Å²) < 4.78 is 0. The summed E-state index contributed by atoms with van der Waals surface area (Å²) in [4.78, 5) is 11.5. The molecule has 0 radical (unpaired) electrons. The Bertz CT molecular complexity index is 600. The molecule has 3 nitrogen and oxygen atoms in total. The van der Waals surface area contributed by atoms with Crippen molar-refractivity contribution in [3.8, 4) is 11.3 Å².